The highest BCUT2D eigenvalue weighted by atomic mass is 32.2. The molecule has 0 saturated carbocycles. The third-order valence-electron chi connectivity index (χ3n) is 12.8. The molecule has 0 fully saturated rings. The Bertz CT molecular complexity index is 1410. The van der Waals surface area contributed by atoms with Gasteiger partial charge in [-0.25, -0.2) is 8.42 Å². The Morgan fingerprint density at radius 3 is 0.831 bits per heavy atom. The SMILES string of the molecule is CCCCCCCCCCCCCCCCCCNCCCC(=O)Nc1ccc(S(=O)(=O)c2ccc(NC(=O)CCCNCCCCCCCCCCCCCCCCCC)cc2)cc1. The highest BCUT2D eigenvalue weighted by molar-refractivity contribution is 7.91. The molecule has 2 amide bonds. The first-order chi connectivity index (χ1) is 31.9. The molecular formula is C56H98N4O4S. The van der Waals surface area contributed by atoms with E-state index in [4.69, 9.17) is 0 Å². The van der Waals surface area contributed by atoms with Crippen molar-refractivity contribution in [1.82, 2.24) is 10.6 Å². The van der Waals surface area contributed by atoms with E-state index < -0.39 is 9.84 Å². The lowest BCUT2D eigenvalue weighted by molar-refractivity contribution is -0.117. The van der Waals surface area contributed by atoms with Crippen molar-refractivity contribution in [2.75, 3.05) is 36.8 Å². The predicted molar refractivity (Wildman–Crippen MR) is 279 cm³/mol. The van der Waals surface area contributed by atoms with Crippen molar-refractivity contribution in [2.24, 2.45) is 0 Å². The fraction of sp³-hybridized carbons (Fsp3) is 0.750. The van der Waals surface area contributed by atoms with Gasteiger partial charge >= 0.3 is 0 Å². The lowest BCUT2D eigenvalue weighted by Gasteiger charge is -2.10. The molecule has 0 atom stereocenters. The number of hydrogen-bond donors (Lipinski definition) is 4. The van der Waals surface area contributed by atoms with E-state index in [0.717, 1.165) is 39.0 Å². The lowest BCUT2D eigenvalue weighted by atomic mass is 10.0. The van der Waals surface area contributed by atoms with E-state index in [1.54, 1.807) is 24.3 Å². The van der Waals surface area contributed by atoms with Crippen LogP contribution in [0, 0.1) is 0 Å². The number of rotatable bonds is 46. The third kappa shape index (κ3) is 32.6. The van der Waals surface area contributed by atoms with Crippen LogP contribution in [-0.2, 0) is 19.4 Å². The van der Waals surface area contributed by atoms with Gasteiger partial charge in [-0.2, -0.15) is 0 Å². The summed E-state index contributed by atoms with van der Waals surface area (Å²) in [5.74, 6) is -0.159. The van der Waals surface area contributed by atoms with Crippen molar-refractivity contribution in [1.29, 1.82) is 0 Å². The van der Waals surface area contributed by atoms with E-state index in [-0.39, 0.29) is 21.6 Å². The van der Waals surface area contributed by atoms with E-state index in [2.05, 4.69) is 35.1 Å². The van der Waals surface area contributed by atoms with Crippen LogP contribution in [0.1, 0.15) is 245 Å². The fourth-order valence-corrected chi connectivity index (χ4v) is 9.87. The Morgan fingerprint density at radius 1 is 0.338 bits per heavy atom. The summed E-state index contributed by atoms with van der Waals surface area (Å²) in [4.78, 5) is 25.4. The van der Waals surface area contributed by atoms with Crippen LogP contribution in [-0.4, -0.2) is 46.4 Å². The quantitative estimate of drug-likeness (QED) is 0.0492. The maximum Gasteiger partial charge on any atom is 0.224 e. The van der Waals surface area contributed by atoms with E-state index in [0.29, 0.717) is 24.2 Å². The summed E-state index contributed by atoms with van der Waals surface area (Å²) < 4.78 is 26.6. The van der Waals surface area contributed by atoms with Crippen molar-refractivity contribution in [2.45, 2.75) is 255 Å². The van der Waals surface area contributed by atoms with Gasteiger partial charge in [0.2, 0.25) is 21.7 Å². The van der Waals surface area contributed by atoms with Gasteiger partial charge in [0.05, 0.1) is 9.79 Å². The molecule has 0 saturated heterocycles. The standard InChI is InChI=1S/C56H98N4O4S/c1-3-5-7-9-11-13-15-17-19-21-23-25-27-29-31-33-47-57-49-35-37-55(61)59-51-39-43-53(44-40-51)65(63,64)54-45-41-52(42-46-54)60-56(62)38-36-50-58-48-34-32-30-28-26-24-22-20-18-16-14-12-10-8-6-4-2/h39-46,57-58H,3-38,47-50H2,1-2H3,(H,59,61)(H,60,62). The third-order valence-corrected chi connectivity index (χ3v) is 14.6. The number of amides is 2. The zero-order valence-electron chi connectivity index (χ0n) is 41.9. The predicted octanol–water partition coefficient (Wildman–Crippen LogP) is 15.7. The van der Waals surface area contributed by atoms with E-state index in [1.807, 2.05) is 0 Å². The Morgan fingerprint density at radius 2 is 0.569 bits per heavy atom. The molecule has 0 aliphatic heterocycles. The second kappa shape index (κ2) is 41.4. The van der Waals surface area contributed by atoms with Gasteiger partial charge in [-0.3, -0.25) is 9.59 Å². The maximum absolute atomic E-state index is 13.3. The number of carbonyl (C=O) groups is 2. The summed E-state index contributed by atoms with van der Waals surface area (Å²) in [5.41, 5.74) is 1.15. The molecule has 372 valence electrons. The Kier molecular flexibility index (Phi) is 37.2. The van der Waals surface area contributed by atoms with Crippen LogP contribution >= 0.6 is 0 Å². The lowest BCUT2D eigenvalue weighted by Crippen LogP contribution is -2.19. The van der Waals surface area contributed by atoms with E-state index >= 15 is 0 Å². The average Bonchev–Trinajstić information content (AvgIpc) is 3.30. The summed E-state index contributed by atoms with van der Waals surface area (Å²) in [6.45, 7) is 8.16. The minimum absolute atomic E-state index is 0.0794. The molecule has 0 aliphatic rings. The highest BCUT2D eigenvalue weighted by Gasteiger charge is 2.18. The molecule has 0 aliphatic carbocycles. The Labute approximate surface area is 400 Å². The van der Waals surface area contributed by atoms with Gasteiger partial charge in [-0.1, -0.05) is 206 Å². The molecule has 2 aromatic rings. The minimum atomic E-state index is -3.75. The zero-order valence-corrected chi connectivity index (χ0v) is 42.8. The molecule has 0 unspecified atom stereocenters. The number of anilines is 2. The van der Waals surface area contributed by atoms with Crippen LogP contribution in [0.15, 0.2) is 58.3 Å². The molecule has 8 nitrogen and oxygen atoms in total. The molecule has 9 heteroatoms. The number of unbranched alkanes of at least 4 members (excludes halogenated alkanes) is 30. The smallest absolute Gasteiger partial charge is 0.224 e. The first-order valence-corrected chi connectivity index (χ1v) is 28.8. The topological polar surface area (TPSA) is 116 Å². The summed E-state index contributed by atoms with van der Waals surface area (Å²) in [6.07, 6.45) is 46.2. The van der Waals surface area contributed by atoms with Crippen LogP contribution in [0.5, 0.6) is 0 Å². The first-order valence-electron chi connectivity index (χ1n) is 27.3. The largest absolute Gasteiger partial charge is 0.326 e. The minimum Gasteiger partial charge on any atom is -0.326 e. The molecule has 65 heavy (non-hydrogen) atoms. The van der Waals surface area contributed by atoms with Crippen molar-refractivity contribution < 1.29 is 18.0 Å². The van der Waals surface area contributed by atoms with Crippen LogP contribution in [0.3, 0.4) is 0 Å². The molecule has 0 aromatic heterocycles. The van der Waals surface area contributed by atoms with Crippen molar-refractivity contribution >= 4 is 33.0 Å². The monoisotopic (exact) mass is 923 g/mol. The molecule has 0 bridgehead atoms. The second-order valence-electron chi connectivity index (χ2n) is 19.0. The van der Waals surface area contributed by atoms with Gasteiger partial charge in [-0.05, 0) is 100 Å². The molecular weight excluding hydrogens is 825 g/mol. The average molecular weight is 923 g/mol. The Balaban J connectivity index is 1.44. The summed E-state index contributed by atoms with van der Waals surface area (Å²) in [7, 11) is -3.75. The van der Waals surface area contributed by atoms with Gasteiger partial charge < -0.3 is 21.3 Å². The van der Waals surface area contributed by atoms with Gasteiger partial charge in [0.15, 0.2) is 0 Å². The summed E-state index contributed by atoms with van der Waals surface area (Å²) >= 11 is 0. The maximum atomic E-state index is 13.3. The molecule has 4 N–H and O–H groups in total. The fourth-order valence-electron chi connectivity index (χ4n) is 8.61. The number of carbonyl (C=O) groups excluding carboxylic acids is 2. The Hall–Kier alpha value is -2.75. The van der Waals surface area contributed by atoms with Crippen molar-refractivity contribution in [3.63, 3.8) is 0 Å². The molecule has 0 spiro atoms. The van der Waals surface area contributed by atoms with Crippen molar-refractivity contribution in [3.8, 4) is 0 Å². The van der Waals surface area contributed by atoms with Gasteiger partial charge in [0.1, 0.15) is 0 Å². The zero-order chi connectivity index (χ0) is 46.7. The van der Waals surface area contributed by atoms with Gasteiger partial charge in [0, 0.05) is 24.2 Å². The molecule has 0 radical (unpaired) electrons. The van der Waals surface area contributed by atoms with Crippen LogP contribution in [0.2, 0.25) is 0 Å². The van der Waals surface area contributed by atoms with Crippen LogP contribution in [0.4, 0.5) is 11.4 Å². The molecule has 2 rings (SSSR count). The summed E-state index contributed by atoms with van der Waals surface area (Å²) in [6, 6.07) is 12.6. The van der Waals surface area contributed by atoms with Crippen molar-refractivity contribution in [3.05, 3.63) is 48.5 Å². The highest BCUT2D eigenvalue weighted by Crippen LogP contribution is 2.24. The normalized spacial score (nSPS) is 11.6. The van der Waals surface area contributed by atoms with Gasteiger partial charge in [0.25, 0.3) is 0 Å². The number of nitrogens with one attached hydrogen (secondary N) is 4. The number of benzene rings is 2. The van der Waals surface area contributed by atoms with E-state index in [9.17, 15) is 18.0 Å². The van der Waals surface area contributed by atoms with Gasteiger partial charge in [-0.15, -0.1) is 0 Å². The first kappa shape index (κ1) is 58.4. The second-order valence-corrected chi connectivity index (χ2v) is 20.9. The summed E-state index contributed by atoms with van der Waals surface area (Å²) in [5, 5.41) is 12.7. The number of hydrogen-bond acceptors (Lipinski definition) is 6. The van der Waals surface area contributed by atoms with Crippen LogP contribution < -0.4 is 21.3 Å². The van der Waals surface area contributed by atoms with Crippen LogP contribution in [0.25, 0.3) is 0 Å². The van der Waals surface area contributed by atoms with E-state index in [1.165, 1.54) is 230 Å². The number of sulfone groups is 1. The molecule has 0 heterocycles. The molecule has 2 aromatic carbocycles.